The molecule has 2 aromatic carbocycles. The molecule has 0 N–H and O–H groups in total. The van der Waals surface area contributed by atoms with Gasteiger partial charge in [-0.15, -0.1) is 0 Å². The number of halogens is 1. The fraction of sp³-hybridized carbons (Fsp3) is 0.238. The first-order valence-electron chi connectivity index (χ1n) is 8.99. The summed E-state index contributed by atoms with van der Waals surface area (Å²) in [7, 11) is 3.18. The van der Waals surface area contributed by atoms with Crippen LogP contribution in [0.25, 0.3) is 6.08 Å². The smallest absolute Gasteiger partial charge is 0.271 e. The summed E-state index contributed by atoms with van der Waals surface area (Å²) in [5.41, 5.74) is 2.76. The molecular formula is C21H20ClN3O3S. The van der Waals surface area contributed by atoms with Crippen LogP contribution in [0.2, 0.25) is 5.02 Å². The van der Waals surface area contributed by atoms with Gasteiger partial charge in [0, 0.05) is 10.7 Å². The van der Waals surface area contributed by atoms with Gasteiger partial charge in [-0.3, -0.25) is 9.36 Å². The van der Waals surface area contributed by atoms with E-state index in [0.29, 0.717) is 34.4 Å². The van der Waals surface area contributed by atoms with Crippen molar-refractivity contribution in [2.75, 3.05) is 25.8 Å². The number of rotatable bonds is 4. The molecule has 6 nitrogen and oxygen atoms in total. The molecule has 0 spiro atoms. The summed E-state index contributed by atoms with van der Waals surface area (Å²) in [5, 5.41) is 0.702. The van der Waals surface area contributed by atoms with E-state index >= 15 is 0 Å². The Morgan fingerprint density at radius 3 is 2.66 bits per heavy atom. The average Bonchev–Trinajstić information content (AvgIpc) is 3.04. The summed E-state index contributed by atoms with van der Waals surface area (Å²) >= 11 is 7.64. The number of thiazole rings is 1. The van der Waals surface area contributed by atoms with Crippen molar-refractivity contribution in [3.63, 3.8) is 0 Å². The first-order chi connectivity index (χ1) is 14.0. The van der Waals surface area contributed by atoms with E-state index in [1.807, 2.05) is 54.3 Å². The molecule has 1 aliphatic heterocycles. The van der Waals surface area contributed by atoms with Gasteiger partial charge < -0.3 is 14.4 Å². The molecule has 0 radical (unpaired) electrons. The molecule has 150 valence electrons. The highest BCUT2D eigenvalue weighted by Crippen LogP contribution is 2.27. The number of ether oxygens (including phenoxy) is 2. The molecule has 2 heterocycles. The first-order valence-corrected chi connectivity index (χ1v) is 10.2. The monoisotopic (exact) mass is 429 g/mol. The number of nitrogens with zero attached hydrogens (tertiary/aromatic N) is 3. The lowest BCUT2D eigenvalue weighted by molar-refractivity contribution is 0.355. The number of methoxy groups -OCH3 is 2. The number of anilines is 1. The van der Waals surface area contributed by atoms with Crippen molar-refractivity contribution in [1.82, 2.24) is 4.57 Å². The maximum atomic E-state index is 13.0. The van der Waals surface area contributed by atoms with E-state index in [-0.39, 0.29) is 5.56 Å². The Balaban J connectivity index is 1.69. The van der Waals surface area contributed by atoms with Crippen LogP contribution in [-0.4, -0.2) is 25.5 Å². The Hall–Kier alpha value is -2.77. The summed E-state index contributed by atoms with van der Waals surface area (Å²) in [5.74, 6) is 1.27. The number of hydrogen-bond acceptors (Lipinski definition) is 6. The van der Waals surface area contributed by atoms with Crippen molar-refractivity contribution in [2.45, 2.75) is 13.6 Å². The van der Waals surface area contributed by atoms with Crippen LogP contribution in [0.4, 0.5) is 5.69 Å². The Kier molecular flexibility index (Phi) is 5.34. The van der Waals surface area contributed by atoms with Gasteiger partial charge in [0.25, 0.3) is 5.56 Å². The van der Waals surface area contributed by atoms with E-state index in [1.54, 1.807) is 18.8 Å². The highest BCUT2D eigenvalue weighted by atomic mass is 35.5. The molecule has 4 rings (SSSR count). The predicted octanol–water partition coefficient (Wildman–Crippen LogP) is 2.77. The van der Waals surface area contributed by atoms with Crippen molar-refractivity contribution in [2.24, 2.45) is 4.99 Å². The Labute approximate surface area is 176 Å². The maximum absolute atomic E-state index is 13.0. The van der Waals surface area contributed by atoms with E-state index in [0.717, 1.165) is 21.6 Å². The minimum atomic E-state index is -0.0635. The molecular weight excluding hydrogens is 410 g/mol. The van der Waals surface area contributed by atoms with Gasteiger partial charge in [0.05, 0.1) is 18.8 Å². The summed E-state index contributed by atoms with van der Waals surface area (Å²) in [6.45, 7) is 2.88. The number of aryl methyl sites for hydroxylation is 1. The average molecular weight is 430 g/mol. The van der Waals surface area contributed by atoms with Crippen LogP contribution in [0.5, 0.6) is 11.5 Å². The standard InChI is InChI=1S/C21H20ClN3O3S/c1-13-4-6-15(10-16(13)22)24-11-23-21-25(12-24)20(26)19(29-21)9-14-5-7-17(27-2)18(8-14)28-3/h4-10H,11-12H2,1-3H3/b19-9-. The Bertz CT molecular complexity index is 1250. The van der Waals surface area contributed by atoms with E-state index in [2.05, 4.69) is 4.99 Å². The van der Waals surface area contributed by atoms with Crippen LogP contribution in [0.15, 0.2) is 46.2 Å². The third-order valence-electron chi connectivity index (χ3n) is 4.80. The van der Waals surface area contributed by atoms with Crippen molar-refractivity contribution >= 4 is 34.7 Å². The fourth-order valence-corrected chi connectivity index (χ4v) is 4.28. The molecule has 0 aliphatic carbocycles. The lowest BCUT2D eigenvalue weighted by atomic mass is 10.2. The van der Waals surface area contributed by atoms with Crippen LogP contribution in [0.3, 0.4) is 0 Å². The molecule has 8 heteroatoms. The number of benzene rings is 2. The van der Waals surface area contributed by atoms with Gasteiger partial charge in [0.15, 0.2) is 16.3 Å². The molecule has 0 unspecified atom stereocenters. The third kappa shape index (κ3) is 3.75. The lowest BCUT2D eigenvalue weighted by Gasteiger charge is -2.26. The minimum Gasteiger partial charge on any atom is -0.493 e. The molecule has 1 aliphatic rings. The quantitative estimate of drug-likeness (QED) is 0.640. The van der Waals surface area contributed by atoms with Crippen LogP contribution < -0.4 is 29.3 Å². The molecule has 0 saturated heterocycles. The van der Waals surface area contributed by atoms with Crippen LogP contribution in [0, 0.1) is 6.92 Å². The van der Waals surface area contributed by atoms with Gasteiger partial charge in [-0.05, 0) is 48.4 Å². The Morgan fingerprint density at radius 2 is 1.93 bits per heavy atom. The van der Waals surface area contributed by atoms with Gasteiger partial charge in [-0.25, -0.2) is 4.99 Å². The zero-order valence-electron chi connectivity index (χ0n) is 16.3. The summed E-state index contributed by atoms with van der Waals surface area (Å²) in [6, 6.07) is 11.4. The fourth-order valence-electron chi connectivity index (χ4n) is 3.15. The molecule has 1 aromatic heterocycles. The van der Waals surface area contributed by atoms with Crippen LogP contribution >= 0.6 is 22.9 Å². The van der Waals surface area contributed by atoms with Crippen molar-refractivity contribution < 1.29 is 9.47 Å². The van der Waals surface area contributed by atoms with E-state index < -0.39 is 0 Å². The van der Waals surface area contributed by atoms with Gasteiger partial charge in [-0.2, -0.15) is 0 Å². The Morgan fingerprint density at radius 1 is 1.14 bits per heavy atom. The van der Waals surface area contributed by atoms with Crippen molar-refractivity contribution in [3.05, 3.63) is 72.2 Å². The summed E-state index contributed by atoms with van der Waals surface area (Å²) in [4.78, 5) is 20.3. The molecule has 3 aromatic rings. The maximum Gasteiger partial charge on any atom is 0.271 e. The molecule has 0 amide bonds. The highest BCUT2D eigenvalue weighted by molar-refractivity contribution is 7.07. The van der Waals surface area contributed by atoms with Gasteiger partial charge in [0.1, 0.15) is 13.3 Å². The van der Waals surface area contributed by atoms with E-state index in [1.165, 1.54) is 11.3 Å². The van der Waals surface area contributed by atoms with E-state index in [4.69, 9.17) is 21.1 Å². The largest absolute Gasteiger partial charge is 0.493 e. The zero-order valence-corrected chi connectivity index (χ0v) is 17.9. The van der Waals surface area contributed by atoms with Crippen LogP contribution in [-0.2, 0) is 6.67 Å². The lowest BCUT2D eigenvalue weighted by Crippen LogP contribution is -2.42. The highest BCUT2D eigenvalue weighted by Gasteiger charge is 2.16. The number of aromatic nitrogens is 1. The normalized spacial score (nSPS) is 13.8. The number of fused-ring (bicyclic) bond motifs is 1. The SMILES string of the molecule is COc1ccc(/C=c2\sc3n(c2=O)CN(c2ccc(C)c(Cl)c2)CN=3)cc1OC. The van der Waals surface area contributed by atoms with Gasteiger partial charge in [-0.1, -0.05) is 35.1 Å². The summed E-state index contributed by atoms with van der Waals surface area (Å²) in [6.07, 6.45) is 1.85. The zero-order chi connectivity index (χ0) is 20.5. The van der Waals surface area contributed by atoms with Gasteiger partial charge >= 0.3 is 0 Å². The molecule has 0 atom stereocenters. The van der Waals surface area contributed by atoms with Crippen LogP contribution in [0.1, 0.15) is 11.1 Å². The molecule has 0 bridgehead atoms. The number of hydrogen-bond donors (Lipinski definition) is 0. The van der Waals surface area contributed by atoms with Gasteiger partial charge in [0.2, 0.25) is 0 Å². The second kappa shape index (κ2) is 7.93. The van der Waals surface area contributed by atoms with Crippen molar-refractivity contribution in [1.29, 1.82) is 0 Å². The third-order valence-corrected chi connectivity index (χ3v) is 6.25. The minimum absolute atomic E-state index is 0.0635. The topological polar surface area (TPSA) is 56.1 Å². The van der Waals surface area contributed by atoms with Crippen molar-refractivity contribution in [3.8, 4) is 11.5 Å². The van der Waals surface area contributed by atoms with E-state index in [9.17, 15) is 4.79 Å². The molecule has 0 saturated carbocycles. The second-order valence-corrected chi connectivity index (χ2v) is 8.07. The first kappa shape index (κ1) is 19.5. The molecule has 0 fully saturated rings. The second-order valence-electron chi connectivity index (χ2n) is 6.66. The summed E-state index contributed by atoms with van der Waals surface area (Å²) < 4.78 is 12.9. The predicted molar refractivity (Wildman–Crippen MR) is 116 cm³/mol. The molecule has 29 heavy (non-hydrogen) atoms.